The van der Waals surface area contributed by atoms with E-state index >= 15 is 0 Å². The van der Waals surface area contributed by atoms with Gasteiger partial charge in [0, 0.05) is 26.2 Å². The Kier molecular flexibility index (Phi) is 5.69. The highest BCUT2D eigenvalue weighted by Gasteiger charge is 2.31. The van der Waals surface area contributed by atoms with Crippen molar-refractivity contribution in [2.24, 2.45) is 0 Å². The normalized spacial score (nSPS) is 16.0. The molecule has 0 bridgehead atoms. The maximum atomic E-state index is 12.8. The fraction of sp³-hybridized carbons (Fsp3) is 0.471. The van der Waals surface area contributed by atoms with Crippen LogP contribution >= 0.6 is 11.5 Å². The van der Waals surface area contributed by atoms with Crippen LogP contribution < -0.4 is 0 Å². The van der Waals surface area contributed by atoms with Crippen LogP contribution in [0.15, 0.2) is 29.2 Å². The van der Waals surface area contributed by atoms with Gasteiger partial charge in [-0.25, -0.2) is 8.42 Å². The Bertz CT molecular complexity index is 870. The summed E-state index contributed by atoms with van der Waals surface area (Å²) in [5.41, 5.74) is 1.75. The molecule has 2 aromatic rings. The van der Waals surface area contributed by atoms with Crippen LogP contribution in [0.5, 0.6) is 0 Å². The van der Waals surface area contributed by atoms with Gasteiger partial charge in [-0.2, -0.15) is 4.31 Å². The monoisotopic (exact) mass is 394 g/mol. The third-order valence-corrected chi connectivity index (χ3v) is 7.20. The van der Waals surface area contributed by atoms with Crippen LogP contribution in [0.3, 0.4) is 0 Å². The Morgan fingerprint density at radius 1 is 1.15 bits per heavy atom. The van der Waals surface area contributed by atoms with Crippen LogP contribution in [-0.2, 0) is 16.4 Å². The van der Waals surface area contributed by atoms with Crippen molar-refractivity contribution in [2.45, 2.75) is 31.6 Å². The van der Waals surface area contributed by atoms with E-state index in [9.17, 15) is 13.2 Å². The van der Waals surface area contributed by atoms with Gasteiger partial charge in [-0.05, 0) is 42.6 Å². The number of piperazine rings is 1. The Morgan fingerprint density at radius 2 is 1.81 bits per heavy atom. The zero-order chi connectivity index (χ0) is 18.7. The number of carbonyl (C=O) groups is 1. The molecule has 0 spiro atoms. The molecule has 9 heteroatoms. The van der Waals surface area contributed by atoms with Gasteiger partial charge in [0.2, 0.25) is 10.0 Å². The fourth-order valence-corrected chi connectivity index (χ4v) is 5.02. The molecule has 1 aromatic heterocycles. The van der Waals surface area contributed by atoms with Gasteiger partial charge < -0.3 is 4.90 Å². The van der Waals surface area contributed by atoms with Crippen molar-refractivity contribution in [1.82, 2.24) is 18.8 Å². The van der Waals surface area contributed by atoms with Crippen molar-refractivity contribution in [3.63, 3.8) is 0 Å². The highest BCUT2D eigenvalue weighted by Crippen LogP contribution is 2.20. The average molecular weight is 395 g/mol. The summed E-state index contributed by atoms with van der Waals surface area (Å²) in [4.78, 5) is 15.0. The van der Waals surface area contributed by atoms with E-state index in [2.05, 4.69) is 16.5 Å². The predicted octanol–water partition coefficient (Wildman–Crippen LogP) is 1.95. The summed E-state index contributed by atoms with van der Waals surface area (Å²) in [6, 6.07) is 7.08. The van der Waals surface area contributed by atoms with E-state index in [-0.39, 0.29) is 19.0 Å². The number of aryl methyl sites for hydroxylation is 2. The molecule has 0 unspecified atom stereocenters. The Balaban J connectivity index is 1.67. The number of amides is 1. The standard InChI is InChI=1S/C17H22N4O3S2/c1-3-4-14-5-7-15(8-6-14)26(23,24)21-11-9-20(10-12-21)17(22)16-13(2)18-19-25-16/h5-8H,3-4,9-12H2,1-2H3. The third kappa shape index (κ3) is 3.79. The first-order valence-corrected chi connectivity index (χ1v) is 10.8. The van der Waals surface area contributed by atoms with E-state index in [0.29, 0.717) is 28.6 Å². The van der Waals surface area contributed by atoms with Gasteiger partial charge in [-0.15, -0.1) is 5.10 Å². The minimum atomic E-state index is -3.53. The van der Waals surface area contributed by atoms with Crippen LogP contribution in [0.25, 0.3) is 0 Å². The summed E-state index contributed by atoms with van der Waals surface area (Å²) in [7, 11) is -3.53. The second-order valence-corrected chi connectivity index (χ2v) is 8.97. The summed E-state index contributed by atoms with van der Waals surface area (Å²) in [5, 5.41) is 3.86. The van der Waals surface area contributed by atoms with Crippen LogP contribution in [0, 0.1) is 6.92 Å². The molecule has 1 aromatic carbocycles. The van der Waals surface area contributed by atoms with Crippen LogP contribution in [0.4, 0.5) is 0 Å². The third-order valence-electron chi connectivity index (χ3n) is 4.47. The zero-order valence-electron chi connectivity index (χ0n) is 14.9. The number of aromatic nitrogens is 2. The molecule has 2 heterocycles. The van der Waals surface area contributed by atoms with Gasteiger partial charge in [0.1, 0.15) is 4.88 Å². The number of rotatable bonds is 5. The Labute approximate surface area is 157 Å². The molecule has 1 fully saturated rings. The first kappa shape index (κ1) is 18.9. The second-order valence-electron chi connectivity index (χ2n) is 6.28. The van der Waals surface area contributed by atoms with Crippen LogP contribution in [0.2, 0.25) is 0 Å². The smallest absolute Gasteiger partial charge is 0.267 e. The lowest BCUT2D eigenvalue weighted by Gasteiger charge is -2.33. The number of hydrogen-bond acceptors (Lipinski definition) is 6. The molecule has 1 amide bonds. The van der Waals surface area contributed by atoms with E-state index in [0.717, 1.165) is 29.9 Å². The molecule has 0 aliphatic carbocycles. The molecule has 0 radical (unpaired) electrons. The minimum absolute atomic E-state index is 0.126. The van der Waals surface area contributed by atoms with E-state index in [1.165, 1.54) is 4.31 Å². The first-order chi connectivity index (χ1) is 12.4. The van der Waals surface area contributed by atoms with Crippen molar-refractivity contribution >= 4 is 27.5 Å². The zero-order valence-corrected chi connectivity index (χ0v) is 16.5. The van der Waals surface area contributed by atoms with Crippen molar-refractivity contribution in [3.05, 3.63) is 40.4 Å². The lowest BCUT2D eigenvalue weighted by atomic mass is 10.1. The van der Waals surface area contributed by atoms with E-state index in [1.807, 2.05) is 12.1 Å². The van der Waals surface area contributed by atoms with Crippen molar-refractivity contribution < 1.29 is 13.2 Å². The second kappa shape index (κ2) is 7.81. The van der Waals surface area contributed by atoms with Crippen LogP contribution in [-0.4, -0.2) is 59.3 Å². The molecule has 1 aliphatic rings. The molecule has 140 valence electrons. The first-order valence-electron chi connectivity index (χ1n) is 8.61. The Hall–Kier alpha value is -1.84. The number of benzene rings is 1. The van der Waals surface area contributed by atoms with Crippen LogP contribution in [0.1, 0.15) is 34.3 Å². The predicted molar refractivity (Wildman–Crippen MR) is 99.7 cm³/mol. The topological polar surface area (TPSA) is 83.5 Å². The molecule has 1 aliphatic heterocycles. The van der Waals surface area contributed by atoms with E-state index < -0.39 is 10.0 Å². The van der Waals surface area contributed by atoms with Gasteiger partial charge in [0.25, 0.3) is 5.91 Å². The molecular weight excluding hydrogens is 372 g/mol. The lowest BCUT2D eigenvalue weighted by Crippen LogP contribution is -2.50. The molecule has 0 saturated carbocycles. The summed E-state index contributed by atoms with van der Waals surface area (Å²) in [6.45, 7) is 5.15. The number of carbonyl (C=O) groups excluding carboxylic acids is 1. The summed E-state index contributed by atoms with van der Waals surface area (Å²) < 4.78 is 30.9. The number of sulfonamides is 1. The molecule has 26 heavy (non-hydrogen) atoms. The molecule has 7 nitrogen and oxygen atoms in total. The number of hydrogen-bond donors (Lipinski definition) is 0. The van der Waals surface area contributed by atoms with Crippen molar-refractivity contribution in [2.75, 3.05) is 26.2 Å². The highest BCUT2D eigenvalue weighted by atomic mass is 32.2. The quantitative estimate of drug-likeness (QED) is 0.774. The molecule has 0 N–H and O–H groups in total. The van der Waals surface area contributed by atoms with Gasteiger partial charge in [0.15, 0.2) is 0 Å². The molecule has 3 rings (SSSR count). The Morgan fingerprint density at radius 3 is 2.35 bits per heavy atom. The fourth-order valence-electron chi connectivity index (χ4n) is 2.97. The van der Waals surface area contributed by atoms with Crippen molar-refractivity contribution in [1.29, 1.82) is 0 Å². The molecular formula is C17H22N4O3S2. The van der Waals surface area contributed by atoms with Gasteiger partial charge in [-0.1, -0.05) is 30.0 Å². The largest absolute Gasteiger partial charge is 0.335 e. The maximum Gasteiger partial charge on any atom is 0.267 e. The summed E-state index contributed by atoms with van der Waals surface area (Å²) >= 11 is 1.08. The van der Waals surface area contributed by atoms with Gasteiger partial charge >= 0.3 is 0 Å². The lowest BCUT2D eigenvalue weighted by molar-refractivity contribution is 0.0702. The SMILES string of the molecule is CCCc1ccc(S(=O)(=O)N2CCN(C(=O)c3snnc3C)CC2)cc1. The van der Waals surface area contributed by atoms with Crippen molar-refractivity contribution in [3.8, 4) is 0 Å². The minimum Gasteiger partial charge on any atom is -0.335 e. The molecule has 0 atom stereocenters. The van der Waals surface area contributed by atoms with E-state index in [4.69, 9.17) is 0 Å². The van der Waals surface area contributed by atoms with Gasteiger partial charge in [-0.3, -0.25) is 4.79 Å². The average Bonchev–Trinajstić information content (AvgIpc) is 3.08. The summed E-state index contributed by atoms with van der Waals surface area (Å²) in [5.74, 6) is -0.126. The van der Waals surface area contributed by atoms with E-state index in [1.54, 1.807) is 24.0 Å². The maximum absolute atomic E-state index is 12.8. The van der Waals surface area contributed by atoms with Gasteiger partial charge in [0.05, 0.1) is 10.6 Å². The highest BCUT2D eigenvalue weighted by molar-refractivity contribution is 7.89. The number of nitrogens with zero attached hydrogens (tertiary/aromatic N) is 4. The summed E-state index contributed by atoms with van der Waals surface area (Å²) in [6.07, 6.45) is 1.96. The molecule has 1 saturated heterocycles.